The molecule has 4 N–H and O–H groups in total. The summed E-state index contributed by atoms with van der Waals surface area (Å²) >= 11 is 4.32. The number of carbonyl (C=O) groups excluding carboxylic acids is 2. The van der Waals surface area contributed by atoms with E-state index in [0.717, 1.165) is 17.7 Å². The minimum absolute atomic E-state index is 0.00400. The van der Waals surface area contributed by atoms with E-state index in [-0.39, 0.29) is 18.0 Å². The van der Waals surface area contributed by atoms with E-state index in [4.69, 9.17) is 0 Å². The van der Waals surface area contributed by atoms with Gasteiger partial charge in [-0.3, -0.25) is 14.7 Å². The summed E-state index contributed by atoms with van der Waals surface area (Å²) < 4.78 is 1.30. The molecule has 0 saturated heterocycles. The Hall–Kier alpha value is -2.95. The van der Waals surface area contributed by atoms with Gasteiger partial charge < -0.3 is 15.4 Å². The van der Waals surface area contributed by atoms with Gasteiger partial charge >= 0.3 is 6.03 Å². The molecule has 1 fully saturated rings. The zero-order valence-electron chi connectivity index (χ0n) is 22.5. The number of imidazole rings is 2. The Morgan fingerprint density at radius 3 is 2.62 bits per heavy atom. The van der Waals surface area contributed by atoms with E-state index in [0.29, 0.717) is 30.3 Å². The molecule has 2 heterocycles. The van der Waals surface area contributed by atoms with Gasteiger partial charge in [-0.25, -0.2) is 14.8 Å². The summed E-state index contributed by atoms with van der Waals surface area (Å²) in [5.41, 5.74) is 1.74. The Kier molecular flexibility index (Phi) is 10.8. The first-order chi connectivity index (χ1) is 18.9. The number of aliphatic hydroxyl groups is 1. The number of imide groups is 1. The second-order valence-electron chi connectivity index (χ2n) is 10.7. The first-order valence-corrected chi connectivity index (χ1v) is 14.5. The third-order valence-corrected chi connectivity index (χ3v) is 7.96. The summed E-state index contributed by atoms with van der Waals surface area (Å²) in [6, 6.07) is 8.98. The molecule has 2 amide bonds. The van der Waals surface area contributed by atoms with Gasteiger partial charge in [-0.2, -0.15) is 12.6 Å². The van der Waals surface area contributed by atoms with E-state index in [1.54, 1.807) is 18.6 Å². The Morgan fingerprint density at radius 1 is 1.15 bits per heavy atom. The van der Waals surface area contributed by atoms with Crippen LogP contribution >= 0.6 is 12.6 Å². The molecule has 1 aliphatic carbocycles. The van der Waals surface area contributed by atoms with E-state index in [9.17, 15) is 14.7 Å². The number of H-pyrrole nitrogens is 1. The highest BCUT2D eigenvalue weighted by Gasteiger charge is 2.28. The number of hydrogen-bond donors (Lipinski definition) is 5. The molecular weight excluding hydrogens is 512 g/mol. The number of rotatable bonds is 12. The highest BCUT2D eigenvalue weighted by Crippen LogP contribution is 2.30. The number of aliphatic hydroxyl groups excluding tert-OH is 1. The molecule has 0 radical (unpaired) electrons. The van der Waals surface area contributed by atoms with Gasteiger partial charge in [0.25, 0.3) is 0 Å². The molecule has 3 aromatic rings. The molecule has 10 heteroatoms. The first kappa shape index (κ1) is 29.0. The van der Waals surface area contributed by atoms with Crippen LogP contribution in [-0.4, -0.2) is 54.4 Å². The smallest absolute Gasteiger partial charge is 0.333 e. The van der Waals surface area contributed by atoms with Crippen molar-refractivity contribution in [3.05, 3.63) is 72.3 Å². The fourth-order valence-corrected chi connectivity index (χ4v) is 5.72. The maximum atomic E-state index is 12.8. The number of thiol groups is 1. The van der Waals surface area contributed by atoms with Gasteiger partial charge in [0.15, 0.2) is 0 Å². The molecule has 0 aliphatic heterocycles. The Bertz CT molecular complexity index is 1160. The zero-order valence-corrected chi connectivity index (χ0v) is 23.4. The predicted octanol–water partition coefficient (Wildman–Crippen LogP) is 4.07. The van der Waals surface area contributed by atoms with E-state index >= 15 is 0 Å². The van der Waals surface area contributed by atoms with Crippen molar-refractivity contribution in [2.75, 3.05) is 5.75 Å². The van der Waals surface area contributed by atoms with E-state index in [2.05, 4.69) is 38.2 Å². The first-order valence-electron chi connectivity index (χ1n) is 13.9. The van der Waals surface area contributed by atoms with Crippen LogP contribution in [0.1, 0.15) is 68.6 Å². The van der Waals surface area contributed by atoms with E-state index < -0.39 is 18.1 Å². The Balaban J connectivity index is 1.32. The second kappa shape index (κ2) is 14.4. The predicted molar refractivity (Wildman–Crippen MR) is 153 cm³/mol. The van der Waals surface area contributed by atoms with Crippen LogP contribution in [0, 0.1) is 11.8 Å². The molecular formula is C29H40N6O3S. The molecule has 39 heavy (non-hydrogen) atoms. The van der Waals surface area contributed by atoms with Crippen LogP contribution in [0.3, 0.4) is 0 Å². The van der Waals surface area contributed by atoms with Gasteiger partial charge in [-0.05, 0) is 31.2 Å². The number of aromatic amines is 1. The van der Waals surface area contributed by atoms with Gasteiger partial charge in [0.1, 0.15) is 18.3 Å². The lowest BCUT2D eigenvalue weighted by Crippen LogP contribution is -2.43. The van der Waals surface area contributed by atoms with Crippen LogP contribution in [0.5, 0.6) is 0 Å². The van der Waals surface area contributed by atoms with Crippen molar-refractivity contribution in [2.45, 2.75) is 76.5 Å². The molecule has 4 atom stereocenters. The zero-order chi connectivity index (χ0) is 27.6. The van der Waals surface area contributed by atoms with Crippen LogP contribution in [0.15, 0.2) is 55.2 Å². The van der Waals surface area contributed by atoms with Crippen LogP contribution in [0.25, 0.3) is 0 Å². The fraction of sp³-hybridized carbons (Fsp3) is 0.517. The lowest BCUT2D eigenvalue weighted by atomic mass is 9.83. The summed E-state index contributed by atoms with van der Waals surface area (Å²) in [7, 11) is 0. The van der Waals surface area contributed by atoms with Crippen molar-refractivity contribution in [3.63, 3.8) is 0 Å². The number of benzene rings is 1. The molecule has 1 aliphatic rings. The van der Waals surface area contributed by atoms with Crippen molar-refractivity contribution < 1.29 is 14.7 Å². The number of carbonyl (C=O) groups is 2. The Morgan fingerprint density at radius 2 is 1.92 bits per heavy atom. The molecule has 9 nitrogen and oxygen atoms in total. The SMILES string of the molecule is C[C@H](Cc1cn(C(=O)NC(=O)[C@@H](CS)Cc2ccccc2)cn1)N[C@@H](CC1CCCCC1)[C@@H](O)c1ncc[nH]1. The van der Waals surface area contributed by atoms with Crippen LogP contribution in [0.2, 0.25) is 0 Å². The number of aromatic nitrogens is 4. The van der Waals surface area contributed by atoms with Crippen molar-refractivity contribution in [3.8, 4) is 0 Å². The summed E-state index contributed by atoms with van der Waals surface area (Å²) in [5, 5.41) is 17.1. The molecule has 4 rings (SSSR count). The maximum Gasteiger partial charge on any atom is 0.333 e. The molecule has 0 unspecified atom stereocenters. The number of nitrogens with zero attached hydrogens (tertiary/aromatic N) is 3. The molecule has 1 saturated carbocycles. The van der Waals surface area contributed by atoms with Gasteiger partial charge in [-0.15, -0.1) is 0 Å². The van der Waals surface area contributed by atoms with Crippen molar-refractivity contribution in [1.82, 2.24) is 30.2 Å². The number of nitrogens with one attached hydrogen (secondary N) is 3. The second-order valence-corrected chi connectivity index (χ2v) is 11.0. The van der Waals surface area contributed by atoms with Crippen molar-refractivity contribution in [1.29, 1.82) is 0 Å². The lowest BCUT2D eigenvalue weighted by Gasteiger charge is -2.31. The molecule has 0 bridgehead atoms. The summed E-state index contributed by atoms with van der Waals surface area (Å²) in [4.78, 5) is 37.2. The summed E-state index contributed by atoms with van der Waals surface area (Å²) in [5.74, 6) is 0.692. The topological polar surface area (TPSA) is 125 Å². The molecule has 2 aromatic heterocycles. The largest absolute Gasteiger partial charge is 0.384 e. The quantitative estimate of drug-likeness (QED) is 0.216. The van der Waals surface area contributed by atoms with E-state index in [1.807, 2.05) is 37.3 Å². The normalized spacial score (nSPS) is 17.3. The van der Waals surface area contributed by atoms with Gasteiger partial charge in [0.05, 0.1) is 11.6 Å². The Labute approximate surface area is 235 Å². The van der Waals surface area contributed by atoms with Crippen molar-refractivity contribution >= 4 is 24.6 Å². The number of amides is 2. The summed E-state index contributed by atoms with van der Waals surface area (Å²) in [6.45, 7) is 2.05. The van der Waals surface area contributed by atoms with Crippen LogP contribution < -0.4 is 10.6 Å². The van der Waals surface area contributed by atoms with Crippen molar-refractivity contribution in [2.24, 2.45) is 11.8 Å². The molecule has 1 aromatic carbocycles. The third kappa shape index (κ3) is 8.52. The van der Waals surface area contributed by atoms with Gasteiger partial charge in [0.2, 0.25) is 5.91 Å². The third-order valence-electron chi connectivity index (χ3n) is 7.52. The molecule has 210 valence electrons. The highest BCUT2D eigenvalue weighted by atomic mass is 32.1. The standard InChI is InChI=1S/C29H40N6O3S/c1-20(33-25(16-22-10-6-3-7-11-22)26(36)27-30-12-13-31-27)14-24-17-35(19-32-24)29(38)34-28(37)23(18-39)15-21-8-4-2-5-9-21/h2,4-5,8-9,12-13,17,19-20,22-23,25-26,33,36,39H,3,6-7,10-11,14-16,18H2,1H3,(H,30,31)(H,34,37,38)/t20-,23-,25+,26-/m1/s1. The minimum atomic E-state index is -0.741. The van der Waals surface area contributed by atoms with Crippen LogP contribution in [0.4, 0.5) is 4.79 Å². The average Bonchev–Trinajstić information content (AvgIpc) is 3.65. The monoisotopic (exact) mass is 552 g/mol. The van der Waals surface area contributed by atoms with Crippen LogP contribution in [-0.2, 0) is 17.6 Å². The lowest BCUT2D eigenvalue weighted by molar-refractivity contribution is -0.123. The number of hydrogen-bond acceptors (Lipinski definition) is 7. The summed E-state index contributed by atoms with van der Waals surface area (Å²) in [6.07, 6.45) is 13.8. The maximum absolute atomic E-state index is 12.8. The van der Waals surface area contributed by atoms with E-state index in [1.165, 1.54) is 43.0 Å². The van der Waals surface area contributed by atoms with Gasteiger partial charge in [-0.1, -0.05) is 62.4 Å². The van der Waals surface area contributed by atoms with Gasteiger partial charge in [0, 0.05) is 42.8 Å². The average molecular weight is 553 g/mol. The molecule has 0 spiro atoms. The minimum Gasteiger partial charge on any atom is -0.384 e. The fourth-order valence-electron chi connectivity index (χ4n) is 5.43. The highest BCUT2D eigenvalue weighted by molar-refractivity contribution is 7.80.